The van der Waals surface area contributed by atoms with Crippen molar-refractivity contribution in [2.24, 2.45) is 5.10 Å². The molecule has 1 heterocycles. The van der Waals surface area contributed by atoms with Gasteiger partial charge in [-0.15, -0.1) is 0 Å². The third-order valence-electron chi connectivity index (χ3n) is 2.76. The zero-order chi connectivity index (χ0) is 15.1. The van der Waals surface area contributed by atoms with Gasteiger partial charge in [0, 0.05) is 19.0 Å². The summed E-state index contributed by atoms with van der Waals surface area (Å²) in [6, 6.07) is 11.8. The summed E-state index contributed by atoms with van der Waals surface area (Å²) in [5, 5.41) is 6.21. The van der Waals surface area contributed by atoms with E-state index in [0.29, 0.717) is 12.6 Å². The van der Waals surface area contributed by atoms with Crippen molar-refractivity contribution in [2.45, 2.75) is 26.9 Å². The summed E-state index contributed by atoms with van der Waals surface area (Å²) in [6.45, 7) is 4.44. The third-order valence-corrected chi connectivity index (χ3v) is 2.76. The minimum absolute atomic E-state index is 0.455. The van der Waals surface area contributed by atoms with E-state index in [4.69, 9.17) is 4.74 Å². The number of aromatic nitrogens is 2. The highest BCUT2D eigenvalue weighted by atomic mass is 16.5. The molecule has 1 aromatic carbocycles. The highest BCUT2D eigenvalue weighted by molar-refractivity contribution is 5.64. The van der Waals surface area contributed by atoms with E-state index in [9.17, 15) is 0 Å². The van der Waals surface area contributed by atoms with Gasteiger partial charge in [-0.25, -0.2) is 9.97 Å². The Morgan fingerprint density at radius 1 is 1.24 bits per heavy atom. The smallest absolute Gasteiger partial charge is 0.251 e. The van der Waals surface area contributed by atoms with Gasteiger partial charge in [0.25, 0.3) is 5.95 Å². The second kappa shape index (κ2) is 7.50. The number of hydrogen-bond donors (Lipinski definition) is 0. The van der Waals surface area contributed by atoms with E-state index >= 15 is 0 Å². The molecule has 1 aromatic heterocycles. The lowest BCUT2D eigenvalue weighted by atomic mass is 10.3. The molecular formula is C16H20N4O. The standard InChI is InChI=1S/C16H20N4O/c1-4-10-17-20(15-8-6-5-7-9-15)16-18-13(2)11-14(19-16)12-21-3/h5-11H,4,12H2,1-3H3. The van der Waals surface area contributed by atoms with Crippen molar-refractivity contribution >= 4 is 17.9 Å². The number of ether oxygens (including phenoxy) is 1. The molecule has 2 rings (SSSR count). The molecule has 2 aromatic rings. The van der Waals surface area contributed by atoms with Crippen LogP contribution in [0.3, 0.4) is 0 Å². The van der Waals surface area contributed by atoms with E-state index in [1.54, 1.807) is 12.1 Å². The van der Waals surface area contributed by atoms with Gasteiger partial charge in [0.05, 0.1) is 18.0 Å². The Bertz CT molecular complexity index is 598. The lowest BCUT2D eigenvalue weighted by Gasteiger charge is -2.18. The second-order valence-electron chi connectivity index (χ2n) is 4.59. The Hall–Kier alpha value is -2.27. The predicted octanol–water partition coefficient (Wildman–Crippen LogP) is 3.47. The van der Waals surface area contributed by atoms with Crippen LogP contribution in [0.2, 0.25) is 0 Å². The van der Waals surface area contributed by atoms with E-state index in [1.807, 2.05) is 56.5 Å². The molecule has 0 unspecified atom stereocenters. The first-order valence-corrected chi connectivity index (χ1v) is 6.95. The maximum Gasteiger partial charge on any atom is 0.251 e. The van der Waals surface area contributed by atoms with Crippen LogP contribution >= 0.6 is 0 Å². The Kier molecular flexibility index (Phi) is 5.40. The van der Waals surface area contributed by atoms with Crippen LogP contribution in [0.4, 0.5) is 11.6 Å². The largest absolute Gasteiger partial charge is 0.378 e. The van der Waals surface area contributed by atoms with Crippen molar-refractivity contribution in [1.82, 2.24) is 9.97 Å². The number of hydrazone groups is 1. The van der Waals surface area contributed by atoms with Gasteiger partial charge in [-0.2, -0.15) is 10.1 Å². The number of aryl methyl sites for hydroxylation is 1. The topological polar surface area (TPSA) is 50.6 Å². The van der Waals surface area contributed by atoms with Crippen LogP contribution in [-0.2, 0) is 11.3 Å². The van der Waals surface area contributed by atoms with Gasteiger partial charge >= 0.3 is 0 Å². The average Bonchev–Trinajstić information content (AvgIpc) is 2.48. The summed E-state index contributed by atoms with van der Waals surface area (Å²) in [7, 11) is 1.65. The molecule has 0 atom stereocenters. The van der Waals surface area contributed by atoms with Crippen LogP contribution in [0.5, 0.6) is 0 Å². The van der Waals surface area contributed by atoms with Gasteiger partial charge in [-0.3, -0.25) is 0 Å². The van der Waals surface area contributed by atoms with Crippen LogP contribution in [0, 0.1) is 6.92 Å². The maximum absolute atomic E-state index is 5.16. The normalized spacial score (nSPS) is 11.0. The minimum Gasteiger partial charge on any atom is -0.378 e. The second-order valence-corrected chi connectivity index (χ2v) is 4.59. The molecule has 0 N–H and O–H groups in total. The van der Waals surface area contributed by atoms with Gasteiger partial charge in [0.2, 0.25) is 0 Å². The molecule has 110 valence electrons. The van der Waals surface area contributed by atoms with E-state index in [1.165, 1.54) is 0 Å². The number of nitrogens with zero attached hydrogens (tertiary/aromatic N) is 4. The SMILES string of the molecule is CCC=NN(c1ccccc1)c1nc(C)cc(COC)n1. The Balaban J connectivity index is 2.43. The predicted molar refractivity (Wildman–Crippen MR) is 84.8 cm³/mol. The lowest BCUT2D eigenvalue weighted by Crippen LogP contribution is -2.14. The summed E-state index contributed by atoms with van der Waals surface area (Å²) in [5.74, 6) is 0.554. The first-order valence-electron chi connectivity index (χ1n) is 6.95. The summed E-state index contributed by atoms with van der Waals surface area (Å²) in [4.78, 5) is 9.02. The van der Waals surface area contributed by atoms with E-state index in [0.717, 1.165) is 23.5 Å². The van der Waals surface area contributed by atoms with E-state index in [2.05, 4.69) is 15.1 Å². The lowest BCUT2D eigenvalue weighted by molar-refractivity contribution is 0.181. The molecule has 5 heteroatoms. The number of anilines is 2. The monoisotopic (exact) mass is 284 g/mol. The van der Waals surface area contributed by atoms with Crippen LogP contribution in [0.15, 0.2) is 41.5 Å². The molecule has 0 aliphatic carbocycles. The highest BCUT2D eigenvalue weighted by Crippen LogP contribution is 2.22. The fourth-order valence-corrected chi connectivity index (χ4v) is 1.90. The molecular weight excluding hydrogens is 264 g/mol. The fourth-order valence-electron chi connectivity index (χ4n) is 1.90. The Labute approximate surface area is 125 Å². The van der Waals surface area contributed by atoms with Crippen LogP contribution in [-0.4, -0.2) is 23.3 Å². The molecule has 0 aliphatic heterocycles. The molecule has 0 fully saturated rings. The van der Waals surface area contributed by atoms with Crippen LogP contribution < -0.4 is 5.01 Å². The molecule has 0 radical (unpaired) electrons. The zero-order valence-electron chi connectivity index (χ0n) is 12.7. The zero-order valence-corrected chi connectivity index (χ0v) is 12.7. The van der Waals surface area contributed by atoms with Crippen molar-refractivity contribution in [3.8, 4) is 0 Å². The number of hydrogen-bond acceptors (Lipinski definition) is 5. The van der Waals surface area contributed by atoms with Gasteiger partial charge < -0.3 is 4.74 Å². The molecule has 0 saturated heterocycles. The van der Waals surface area contributed by atoms with Crippen molar-refractivity contribution in [3.63, 3.8) is 0 Å². The number of rotatable bonds is 6. The van der Waals surface area contributed by atoms with Crippen molar-refractivity contribution in [2.75, 3.05) is 12.1 Å². The summed E-state index contributed by atoms with van der Waals surface area (Å²) in [5.41, 5.74) is 2.66. The van der Waals surface area contributed by atoms with Gasteiger partial charge in [-0.1, -0.05) is 25.1 Å². The summed E-state index contributed by atoms with van der Waals surface area (Å²) >= 11 is 0. The quantitative estimate of drug-likeness (QED) is 0.602. The average molecular weight is 284 g/mol. The van der Waals surface area contributed by atoms with Crippen molar-refractivity contribution in [3.05, 3.63) is 47.8 Å². The van der Waals surface area contributed by atoms with Crippen LogP contribution in [0.1, 0.15) is 24.7 Å². The third kappa shape index (κ3) is 4.10. The molecule has 0 spiro atoms. The van der Waals surface area contributed by atoms with E-state index < -0.39 is 0 Å². The fraction of sp³-hybridized carbons (Fsp3) is 0.312. The molecule has 21 heavy (non-hydrogen) atoms. The van der Waals surface area contributed by atoms with Gasteiger partial charge in [0.1, 0.15) is 0 Å². The molecule has 0 amide bonds. The van der Waals surface area contributed by atoms with Crippen LogP contribution in [0.25, 0.3) is 0 Å². The highest BCUT2D eigenvalue weighted by Gasteiger charge is 2.12. The summed E-state index contributed by atoms with van der Waals surface area (Å²) < 4.78 is 5.16. The first kappa shape index (κ1) is 15.1. The summed E-state index contributed by atoms with van der Waals surface area (Å²) in [6.07, 6.45) is 2.69. The number of benzene rings is 1. The van der Waals surface area contributed by atoms with Crippen molar-refractivity contribution in [1.29, 1.82) is 0 Å². The first-order chi connectivity index (χ1) is 10.2. The minimum atomic E-state index is 0.455. The number of para-hydroxylation sites is 1. The maximum atomic E-state index is 5.16. The van der Waals surface area contributed by atoms with Gasteiger partial charge in [0.15, 0.2) is 0 Å². The Morgan fingerprint density at radius 2 is 2.00 bits per heavy atom. The molecule has 5 nitrogen and oxygen atoms in total. The molecule has 0 bridgehead atoms. The number of methoxy groups -OCH3 is 1. The molecule has 0 saturated carbocycles. The van der Waals surface area contributed by atoms with E-state index in [-0.39, 0.29) is 0 Å². The molecule has 0 aliphatic rings. The van der Waals surface area contributed by atoms with Gasteiger partial charge in [-0.05, 0) is 31.5 Å². The van der Waals surface area contributed by atoms with Crippen molar-refractivity contribution < 1.29 is 4.74 Å². The Morgan fingerprint density at radius 3 is 2.67 bits per heavy atom.